The van der Waals surface area contributed by atoms with Crippen LogP contribution in [0.4, 0.5) is 0 Å². The van der Waals surface area contributed by atoms with E-state index in [0.717, 1.165) is 45.3 Å². The summed E-state index contributed by atoms with van der Waals surface area (Å²) in [6, 6.07) is 10.3. The number of hydrogen-bond acceptors (Lipinski definition) is 2. The van der Waals surface area contributed by atoms with E-state index in [0.29, 0.717) is 13.0 Å². The summed E-state index contributed by atoms with van der Waals surface area (Å²) in [6.45, 7) is 4.62. The van der Waals surface area contributed by atoms with Gasteiger partial charge in [0.1, 0.15) is 0 Å². The highest BCUT2D eigenvalue weighted by Crippen LogP contribution is 2.10. The van der Waals surface area contributed by atoms with Gasteiger partial charge < -0.3 is 9.80 Å². The minimum Gasteiger partial charge on any atom is -0.343 e. The first-order chi connectivity index (χ1) is 11.2. The zero-order chi connectivity index (χ0) is 16.5. The maximum Gasteiger partial charge on any atom is 0.224 e. The number of carbonyl (C=O) groups is 2. The standard InChI is InChI=1S/C19H28N2O2/c1-17(22)20(15-8-11-18-9-4-2-5-10-18)16-12-19(23)21-13-6-3-7-14-21/h2,4-5,9-10H,3,6-8,11-16H2,1H3. The Morgan fingerprint density at radius 3 is 2.39 bits per heavy atom. The molecule has 1 fully saturated rings. The first-order valence-electron chi connectivity index (χ1n) is 8.74. The molecule has 1 aromatic carbocycles. The Hall–Kier alpha value is -1.84. The first-order valence-corrected chi connectivity index (χ1v) is 8.74. The number of benzene rings is 1. The lowest BCUT2D eigenvalue weighted by Gasteiger charge is -2.28. The van der Waals surface area contributed by atoms with Crippen LogP contribution in [0, 0.1) is 0 Å². The molecule has 0 N–H and O–H groups in total. The second kappa shape index (κ2) is 9.33. The Bertz CT molecular complexity index is 495. The summed E-state index contributed by atoms with van der Waals surface area (Å²) in [7, 11) is 0. The SMILES string of the molecule is CC(=O)N(CCCc1ccccc1)CCC(=O)N1CCCCC1. The summed E-state index contributed by atoms with van der Waals surface area (Å²) < 4.78 is 0. The fourth-order valence-electron chi connectivity index (χ4n) is 3.08. The minimum absolute atomic E-state index is 0.0597. The van der Waals surface area contributed by atoms with Crippen LogP contribution in [0.3, 0.4) is 0 Å². The monoisotopic (exact) mass is 316 g/mol. The Kier molecular flexibility index (Phi) is 7.11. The zero-order valence-electron chi connectivity index (χ0n) is 14.2. The Morgan fingerprint density at radius 2 is 1.74 bits per heavy atom. The quantitative estimate of drug-likeness (QED) is 0.776. The van der Waals surface area contributed by atoms with Crippen molar-refractivity contribution in [3.05, 3.63) is 35.9 Å². The summed E-state index contributed by atoms with van der Waals surface area (Å²) in [6.07, 6.45) is 5.79. The molecule has 0 saturated carbocycles. The van der Waals surface area contributed by atoms with Crippen LogP contribution in [0.2, 0.25) is 0 Å². The fourth-order valence-corrected chi connectivity index (χ4v) is 3.08. The van der Waals surface area contributed by atoms with Crippen LogP contribution in [0.1, 0.15) is 44.6 Å². The molecule has 0 bridgehead atoms. The lowest BCUT2D eigenvalue weighted by Crippen LogP contribution is -2.39. The molecule has 4 nitrogen and oxygen atoms in total. The maximum atomic E-state index is 12.2. The third-order valence-corrected chi connectivity index (χ3v) is 4.49. The van der Waals surface area contributed by atoms with E-state index in [1.807, 2.05) is 28.0 Å². The number of piperidine rings is 1. The van der Waals surface area contributed by atoms with E-state index in [1.165, 1.54) is 12.0 Å². The van der Waals surface area contributed by atoms with E-state index >= 15 is 0 Å². The summed E-state index contributed by atoms with van der Waals surface area (Å²) >= 11 is 0. The number of amides is 2. The molecule has 0 aliphatic carbocycles. The number of likely N-dealkylation sites (tertiary alicyclic amines) is 1. The van der Waals surface area contributed by atoms with Gasteiger partial charge in [-0.15, -0.1) is 0 Å². The maximum absolute atomic E-state index is 12.2. The predicted octanol–water partition coefficient (Wildman–Crippen LogP) is 2.87. The van der Waals surface area contributed by atoms with Gasteiger partial charge in [0.15, 0.2) is 0 Å². The molecule has 0 unspecified atom stereocenters. The van der Waals surface area contributed by atoms with Gasteiger partial charge in [-0.05, 0) is 37.7 Å². The zero-order valence-corrected chi connectivity index (χ0v) is 14.2. The number of nitrogens with zero attached hydrogens (tertiary/aromatic N) is 2. The highest BCUT2D eigenvalue weighted by Gasteiger charge is 2.18. The van der Waals surface area contributed by atoms with Crippen LogP contribution in [0.5, 0.6) is 0 Å². The van der Waals surface area contributed by atoms with Crippen LogP contribution >= 0.6 is 0 Å². The Morgan fingerprint density at radius 1 is 1.04 bits per heavy atom. The normalized spacial score (nSPS) is 14.6. The molecule has 126 valence electrons. The van der Waals surface area contributed by atoms with Crippen LogP contribution in [0.15, 0.2) is 30.3 Å². The van der Waals surface area contributed by atoms with Crippen molar-refractivity contribution in [1.29, 1.82) is 0 Å². The van der Waals surface area contributed by atoms with Crippen LogP contribution in [-0.2, 0) is 16.0 Å². The van der Waals surface area contributed by atoms with E-state index in [9.17, 15) is 9.59 Å². The van der Waals surface area contributed by atoms with Gasteiger partial charge in [0, 0.05) is 39.5 Å². The van der Waals surface area contributed by atoms with Gasteiger partial charge in [0.2, 0.25) is 11.8 Å². The van der Waals surface area contributed by atoms with E-state index in [1.54, 1.807) is 6.92 Å². The Labute approximate surface area is 139 Å². The van der Waals surface area contributed by atoms with Gasteiger partial charge in [-0.1, -0.05) is 30.3 Å². The van der Waals surface area contributed by atoms with Crippen molar-refractivity contribution >= 4 is 11.8 Å². The average molecular weight is 316 g/mol. The molecule has 1 aliphatic rings. The van der Waals surface area contributed by atoms with Gasteiger partial charge in [-0.3, -0.25) is 9.59 Å². The fraction of sp³-hybridized carbons (Fsp3) is 0.579. The largest absolute Gasteiger partial charge is 0.343 e. The second-order valence-corrected chi connectivity index (χ2v) is 6.29. The molecule has 1 aliphatic heterocycles. The molecule has 2 rings (SSSR count). The average Bonchev–Trinajstić information content (AvgIpc) is 2.59. The number of aryl methyl sites for hydroxylation is 1. The smallest absolute Gasteiger partial charge is 0.224 e. The third-order valence-electron chi connectivity index (χ3n) is 4.49. The summed E-state index contributed by atoms with van der Waals surface area (Å²) in [4.78, 5) is 27.7. The summed E-state index contributed by atoms with van der Waals surface area (Å²) in [5.74, 6) is 0.253. The third kappa shape index (κ3) is 6.05. The van der Waals surface area contributed by atoms with Crippen LogP contribution < -0.4 is 0 Å². The van der Waals surface area contributed by atoms with E-state index in [2.05, 4.69) is 12.1 Å². The van der Waals surface area contributed by atoms with Crippen LogP contribution in [-0.4, -0.2) is 47.8 Å². The molecule has 1 saturated heterocycles. The molecule has 4 heteroatoms. The lowest BCUT2D eigenvalue weighted by molar-refractivity contribution is -0.134. The predicted molar refractivity (Wildman–Crippen MR) is 92.1 cm³/mol. The topological polar surface area (TPSA) is 40.6 Å². The van der Waals surface area contributed by atoms with Crippen molar-refractivity contribution in [2.45, 2.75) is 45.4 Å². The second-order valence-electron chi connectivity index (χ2n) is 6.29. The first kappa shape index (κ1) is 17.5. The van der Waals surface area contributed by atoms with Gasteiger partial charge >= 0.3 is 0 Å². The van der Waals surface area contributed by atoms with Crippen molar-refractivity contribution in [2.24, 2.45) is 0 Å². The van der Waals surface area contributed by atoms with E-state index in [4.69, 9.17) is 0 Å². The molecule has 0 atom stereocenters. The highest BCUT2D eigenvalue weighted by atomic mass is 16.2. The molecule has 1 aromatic rings. The number of rotatable bonds is 7. The number of carbonyl (C=O) groups excluding carboxylic acids is 2. The van der Waals surface area contributed by atoms with E-state index in [-0.39, 0.29) is 11.8 Å². The molecule has 0 spiro atoms. The molecule has 0 radical (unpaired) electrons. The van der Waals surface area contributed by atoms with E-state index < -0.39 is 0 Å². The minimum atomic E-state index is 0.0597. The summed E-state index contributed by atoms with van der Waals surface area (Å²) in [5, 5.41) is 0. The van der Waals surface area contributed by atoms with Crippen LogP contribution in [0.25, 0.3) is 0 Å². The Balaban J connectivity index is 1.72. The number of hydrogen-bond donors (Lipinski definition) is 0. The van der Waals surface area contributed by atoms with Crippen molar-refractivity contribution in [3.8, 4) is 0 Å². The van der Waals surface area contributed by atoms with Gasteiger partial charge in [-0.25, -0.2) is 0 Å². The highest BCUT2D eigenvalue weighted by molar-refractivity contribution is 5.78. The lowest BCUT2D eigenvalue weighted by atomic mass is 10.1. The van der Waals surface area contributed by atoms with Crippen molar-refractivity contribution in [3.63, 3.8) is 0 Å². The van der Waals surface area contributed by atoms with Gasteiger partial charge in [0.25, 0.3) is 0 Å². The molecule has 0 aromatic heterocycles. The molecular formula is C19H28N2O2. The molecule has 1 heterocycles. The van der Waals surface area contributed by atoms with Gasteiger partial charge in [-0.2, -0.15) is 0 Å². The molecular weight excluding hydrogens is 288 g/mol. The van der Waals surface area contributed by atoms with Gasteiger partial charge in [0.05, 0.1) is 0 Å². The summed E-state index contributed by atoms with van der Waals surface area (Å²) in [5.41, 5.74) is 1.29. The molecule has 23 heavy (non-hydrogen) atoms. The molecule has 2 amide bonds. The van der Waals surface area contributed by atoms with Crippen molar-refractivity contribution in [1.82, 2.24) is 9.80 Å². The van der Waals surface area contributed by atoms with Crippen molar-refractivity contribution in [2.75, 3.05) is 26.2 Å². The van der Waals surface area contributed by atoms with Crippen molar-refractivity contribution < 1.29 is 9.59 Å².